The molecule has 0 aliphatic carbocycles. The Morgan fingerprint density at radius 2 is 2.19 bits per heavy atom. The van der Waals surface area contributed by atoms with Crippen molar-refractivity contribution in [1.29, 1.82) is 0 Å². The van der Waals surface area contributed by atoms with E-state index in [1.54, 1.807) is 12.1 Å². The summed E-state index contributed by atoms with van der Waals surface area (Å²) in [6, 6.07) is 4.74. The molecule has 1 N–H and O–H groups in total. The Morgan fingerprint density at radius 3 is 2.95 bits per heavy atom. The van der Waals surface area contributed by atoms with E-state index in [0.717, 1.165) is 19.5 Å². The maximum atomic E-state index is 12.1. The van der Waals surface area contributed by atoms with Gasteiger partial charge in [-0.2, -0.15) is 0 Å². The first-order valence-corrected chi connectivity index (χ1v) is 7.85. The second-order valence-electron chi connectivity index (χ2n) is 5.98. The largest absolute Gasteiger partial charge is 0.310 e. The number of carbonyl (C=O) groups is 1. The number of nitrogens with one attached hydrogen (secondary N) is 1. The highest BCUT2D eigenvalue weighted by atomic mass is 35.5. The fraction of sp³-hybridized carbons (Fsp3) is 0.600. The van der Waals surface area contributed by atoms with Gasteiger partial charge >= 0.3 is 0 Å². The Hall–Kier alpha value is -1.17. The lowest BCUT2D eigenvalue weighted by atomic mass is 10.1. The van der Waals surface area contributed by atoms with Gasteiger partial charge in [0.1, 0.15) is 5.82 Å². The number of rotatable bonds is 3. The van der Waals surface area contributed by atoms with Gasteiger partial charge in [0.25, 0.3) is 0 Å². The van der Waals surface area contributed by atoms with Crippen molar-refractivity contribution in [2.45, 2.75) is 31.3 Å². The first-order valence-electron chi connectivity index (χ1n) is 7.47. The molecule has 0 aromatic carbocycles. The minimum absolute atomic E-state index is 0.00903. The summed E-state index contributed by atoms with van der Waals surface area (Å²) in [5, 5.41) is 3.40. The van der Waals surface area contributed by atoms with Crippen LogP contribution in [-0.4, -0.2) is 59.5 Å². The Balaban J connectivity index is 1.54. The zero-order valence-electron chi connectivity index (χ0n) is 12.3. The highest BCUT2D eigenvalue weighted by Gasteiger charge is 2.34. The Labute approximate surface area is 130 Å². The second-order valence-corrected chi connectivity index (χ2v) is 6.42. The quantitative estimate of drug-likeness (QED) is 0.926. The van der Waals surface area contributed by atoms with Gasteiger partial charge in [-0.05, 0) is 38.4 Å². The molecule has 0 saturated carbocycles. The molecule has 6 heteroatoms. The number of aromatic nitrogens is 1. The van der Waals surface area contributed by atoms with Crippen LogP contribution in [0.5, 0.6) is 0 Å². The molecular weight excluding hydrogens is 288 g/mol. The van der Waals surface area contributed by atoms with Crippen LogP contribution in [0.25, 0.3) is 0 Å². The van der Waals surface area contributed by atoms with Gasteiger partial charge in [-0.1, -0.05) is 11.6 Å². The number of halogens is 1. The molecule has 2 aliphatic heterocycles. The Kier molecular flexibility index (Phi) is 4.42. The minimum Gasteiger partial charge on any atom is -0.310 e. The summed E-state index contributed by atoms with van der Waals surface area (Å²) >= 11 is 5.78. The number of carbonyl (C=O) groups excluding carboxylic acids is 1. The maximum Gasteiger partial charge on any atom is 0.239 e. The van der Waals surface area contributed by atoms with Gasteiger partial charge in [0.2, 0.25) is 5.91 Å². The number of hydrogen-bond acceptors (Lipinski definition) is 4. The number of hydrogen-bond donors (Lipinski definition) is 1. The van der Waals surface area contributed by atoms with Gasteiger partial charge in [0.15, 0.2) is 0 Å². The molecule has 2 aliphatic rings. The van der Waals surface area contributed by atoms with Crippen molar-refractivity contribution in [2.24, 2.45) is 0 Å². The molecular formula is C15H21ClN4O. The van der Waals surface area contributed by atoms with Crippen molar-refractivity contribution in [1.82, 2.24) is 14.8 Å². The molecule has 3 heterocycles. The number of nitrogens with zero attached hydrogens (tertiary/aromatic N) is 3. The van der Waals surface area contributed by atoms with E-state index in [-0.39, 0.29) is 5.91 Å². The van der Waals surface area contributed by atoms with Gasteiger partial charge in [0.05, 0.1) is 11.6 Å². The fourth-order valence-electron chi connectivity index (χ4n) is 3.36. The van der Waals surface area contributed by atoms with Crippen molar-refractivity contribution in [2.75, 3.05) is 32.0 Å². The minimum atomic E-state index is -0.00903. The lowest BCUT2D eigenvalue weighted by Gasteiger charge is -2.25. The number of amides is 1. The average molecular weight is 309 g/mol. The van der Waals surface area contributed by atoms with E-state index in [1.165, 1.54) is 19.0 Å². The molecule has 3 rings (SSSR count). The SMILES string of the molecule is CN1[C@H]2CC[C@@H]1CN(CC(=O)Nc1ccc(Cl)cn1)CC2. The van der Waals surface area contributed by atoms with Crippen molar-refractivity contribution in [3.8, 4) is 0 Å². The molecule has 0 unspecified atom stereocenters. The summed E-state index contributed by atoms with van der Waals surface area (Å²) in [5.41, 5.74) is 0. The molecule has 2 saturated heterocycles. The van der Waals surface area contributed by atoms with Crippen LogP contribution in [0.3, 0.4) is 0 Å². The molecule has 1 amide bonds. The summed E-state index contributed by atoms with van der Waals surface area (Å²) in [6.07, 6.45) is 5.24. The van der Waals surface area contributed by atoms with Crippen LogP contribution in [0.1, 0.15) is 19.3 Å². The Bertz CT molecular complexity index is 507. The molecule has 5 nitrogen and oxygen atoms in total. The van der Waals surface area contributed by atoms with Crippen LogP contribution >= 0.6 is 11.6 Å². The van der Waals surface area contributed by atoms with Gasteiger partial charge in [0, 0.05) is 31.4 Å². The monoisotopic (exact) mass is 308 g/mol. The molecule has 21 heavy (non-hydrogen) atoms. The number of pyridine rings is 1. The summed E-state index contributed by atoms with van der Waals surface area (Å²) in [5.74, 6) is 0.545. The summed E-state index contributed by atoms with van der Waals surface area (Å²) in [6.45, 7) is 2.41. The first-order chi connectivity index (χ1) is 10.1. The number of fused-ring (bicyclic) bond motifs is 2. The summed E-state index contributed by atoms with van der Waals surface area (Å²) in [7, 11) is 2.21. The Morgan fingerprint density at radius 1 is 1.38 bits per heavy atom. The molecule has 2 bridgehead atoms. The van der Waals surface area contributed by atoms with Crippen LogP contribution in [0.4, 0.5) is 5.82 Å². The fourth-order valence-corrected chi connectivity index (χ4v) is 3.47. The van der Waals surface area contributed by atoms with Crippen LogP contribution in [0, 0.1) is 0 Å². The van der Waals surface area contributed by atoms with E-state index in [9.17, 15) is 4.79 Å². The van der Waals surface area contributed by atoms with Crippen LogP contribution in [0.2, 0.25) is 5.02 Å². The number of anilines is 1. The zero-order valence-corrected chi connectivity index (χ0v) is 13.0. The van der Waals surface area contributed by atoms with Crippen LogP contribution in [0.15, 0.2) is 18.3 Å². The molecule has 0 radical (unpaired) electrons. The van der Waals surface area contributed by atoms with Gasteiger partial charge < -0.3 is 5.32 Å². The predicted molar refractivity (Wildman–Crippen MR) is 83.5 cm³/mol. The van der Waals surface area contributed by atoms with E-state index in [1.807, 2.05) is 0 Å². The van der Waals surface area contributed by atoms with Gasteiger partial charge in [-0.25, -0.2) is 4.98 Å². The molecule has 2 fully saturated rings. The zero-order chi connectivity index (χ0) is 14.8. The van der Waals surface area contributed by atoms with E-state index in [2.05, 4.69) is 27.1 Å². The summed E-state index contributed by atoms with van der Waals surface area (Å²) in [4.78, 5) is 21.0. The molecule has 1 aromatic heterocycles. The molecule has 2 atom stereocenters. The average Bonchev–Trinajstić information content (AvgIpc) is 2.70. The van der Waals surface area contributed by atoms with Crippen LogP contribution < -0.4 is 5.32 Å². The lowest BCUT2D eigenvalue weighted by molar-refractivity contribution is -0.117. The summed E-state index contributed by atoms with van der Waals surface area (Å²) < 4.78 is 0. The van der Waals surface area contributed by atoms with Crippen LogP contribution in [-0.2, 0) is 4.79 Å². The van der Waals surface area contributed by atoms with E-state index >= 15 is 0 Å². The highest BCUT2D eigenvalue weighted by Crippen LogP contribution is 2.28. The highest BCUT2D eigenvalue weighted by molar-refractivity contribution is 6.30. The third-order valence-electron chi connectivity index (χ3n) is 4.59. The van der Waals surface area contributed by atoms with E-state index in [4.69, 9.17) is 11.6 Å². The molecule has 1 aromatic rings. The number of likely N-dealkylation sites (N-methyl/N-ethyl adjacent to an activating group) is 1. The van der Waals surface area contributed by atoms with Gasteiger partial charge in [-0.15, -0.1) is 0 Å². The molecule has 114 valence electrons. The van der Waals surface area contributed by atoms with Gasteiger partial charge in [-0.3, -0.25) is 14.6 Å². The third kappa shape index (κ3) is 3.54. The predicted octanol–water partition coefficient (Wildman–Crippen LogP) is 1.84. The van der Waals surface area contributed by atoms with E-state index < -0.39 is 0 Å². The van der Waals surface area contributed by atoms with Crippen molar-refractivity contribution < 1.29 is 4.79 Å². The van der Waals surface area contributed by atoms with Crippen molar-refractivity contribution in [3.63, 3.8) is 0 Å². The van der Waals surface area contributed by atoms with Crippen molar-refractivity contribution >= 4 is 23.3 Å². The van der Waals surface area contributed by atoms with E-state index in [0.29, 0.717) is 29.5 Å². The maximum absolute atomic E-state index is 12.1. The topological polar surface area (TPSA) is 48.5 Å². The standard InChI is InChI=1S/C15H21ClN4O/c1-19-12-3-4-13(19)9-20(7-6-12)10-15(21)18-14-5-2-11(16)8-17-14/h2,5,8,12-13H,3-4,6-7,9-10H2,1H3,(H,17,18,21)/t12-,13+/m0/s1. The lowest BCUT2D eigenvalue weighted by Crippen LogP contribution is -2.40. The second kappa shape index (κ2) is 6.30. The number of likely N-dealkylation sites (tertiary alicyclic amines) is 1. The third-order valence-corrected chi connectivity index (χ3v) is 4.82. The molecule has 0 spiro atoms. The first kappa shape index (κ1) is 14.8. The normalized spacial score (nSPS) is 26.6. The smallest absolute Gasteiger partial charge is 0.239 e. The van der Waals surface area contributed by atoms with Crippen molar-refractivity contribution in [3.05, 3.63) is 23.4 Å².